The second-order valence-corrected chi connectivity index (χ2v) is 4.59. The number of hydrogen-bond acceptors (Lipinski definition) is 4. The number of carbonyl (C=O) groups excluding carboxylic acids is 1. The smallest absolute Gasteiger partial charge is 0.178 e. The van der Waals surface area contributed by atoms with Gasteiger partial charge in [-0.05, 0) is 26.0 Å². The first-order valence-corrected chi connectivity index (χ1v) is 5.86. The van der Waals surface area contributed by atoms with E-state index in [1.807, 2.05) is 26.0 Å². The molecule has 0 aromatic carbocycles. The van der Waals surface area contributed by atoms with Crippen LogP contribution < -0.4 is 0 Å². The molecule has 0 saturated carbocycles. The van der Waals surface area contributed by atoms with Crippen LogP contribution in [0.25, 0.3) is 10.6 Å². The first kappa shape index (κ1) is 11.0. The number of aromatic nitrogens is 2. The number of thiazole rings is 1. The van der Waals surface area contributed by atoms with E-state index in [1.54, 1.807) is 5.38 Å². The van der Waals surface area contributed by atoms with E-state index in [9.17, 15) is 4.79 Å². The number of aryl methyl sites for hydroxylation is 2. The maximum Gasteiger partial charge on any atom is 0.178 e. The van der Waals surface area contributed by atoms with Gasteiger partial charge in [-0.15, -0.1) is 11.3 Å². The summed E-state index contributed by atoms with van der Waals surface area (Å²) >= 11 is 1.49. The van der Waals surface area contributed by atoms with E-state index >= 15 is 0 Å². The number of Topliss-reactive ketones (excluding diaryl/α,β-unsaturated/α-hetero) is 1. The van der Waals surface area contributed by atoms with E-state index in [0.717, 1.165) is 22.0 Å². The quantitative estimate of drug-likeness (QED) is 0.747. The van der Waals surface area contributed by atoms with Crippen molar-refractivity contribution in [3.8, 4) is 10.6 Å². The SMILES string of the molecule is CC(=O)c1csc(-c2cc(C)nc(C)c2)n1. The lowest BCUT2D eigenvalue weighted by molar-refractivity contribution is 0.101. The zero-order chi connectivity index (χ0) is 11.7. The van der Waals surface area contributed by atoms with Crippen LogP contribution >= 0.6 is 11.3 Å². The van der Waals surface area contributed by atoms with Crippen LogP contribution in [0.5, 0.6) is 0 Å². The van der Waals surface area contributed by atoms with Gasteiger partial charge in [0.05, 0.1) is 0 Å². The molecule has 16 heavy (non-hydrogen) atoms. The first-order valence-electron chi connectivity index (χ1n) is 4.98. The van der Waals surface area contributed by atoms with Crippen LogP contribution in [0.15, 0.2) is 17.5 Å². The zero-order valence-electron chi connectivity index (χ0n) is 9.44. The molecule has 2 rings (SSSR count). The molecule has 0 bridgehead atoms. The lowest BCUT2D eigenvalue weighted by Gasteiger charge is -2.00. The molecule has 0 amide bonds. The molecule has 2 aromatic heterocycles. The molecule has 0 spiro atoms. The fourth-order valence-corrected chi connectivity index (χ4v) is 2.37. The standard InChI is InChI=1S/C12H12N2OS/c1-7-4-10(5-8(2)13-7)12-14-11(6-16-12)9(3)15/h4-6H,1-3H3. The Morgan fingerprint density at radius 2 is 1.81 bits per heavy atom. The Hall–Kier alpha value is -1.55. The topological polar surface area (TPSA) is 42.9 Å². The summed E-state index contributed by atoms with van der Waals surface area (Å²) in [6.45, 7) is 5.44. The van der Waals surface area contributed by atoms with Crippen LogP contribution in [-0.4, -0.2) is 15.8 Å². The van der Waals surface area contributed by atoms with Crippen molar-refractivity contribution in [2.75, 3.05) is 0 Å². The molecule has 3 nitrogen and oxygen atoms in total. The second kappa shape index (κ2) is 4.14. The van der Waals surface area contributed by atoms with Crippen molar-refractivity contribution < 1.29 is 4.79 Å². The zero-order valence-corrected chi connectivity index (χ0v) is 10.3. The van der Waals surface area contributed by atoms with Crippen molar-refractivity contribution in [3.05, 3.63) is 34.6 Å². The van der Waals surface area contributed by atoms with Crippen LogP contribution in [0.2, 0.25) is 0 Å². The number of carbonyl (C=O) groups is 1. The predicted molar refractivity (Wildman–Crippen MR) is 64.8 cm³/mol. The number of rotatable bonds is 2. The van der Waals surface area contributed by atoms with Crippen LogP contribution in [0.4, 0.5) is 0 Å². The number of pyridine rings is 1. The third kappa shape index (κ3) is 2.17. The van der Waals surface area contributed by atoms with Crippen LogP contribution in [0, 0.1) is 13.8 Å². The summed E-state index contributed by atoms with van der Waals surface area (Å²) in [5.41, 5.74) is 3.50. The molecule has 0 aliphatic heterocycles. The van der Waals surface area contributed by atoms with Gasteiger partial charge in [0.1, 0.15) is 10.7 Å². The Morgan fingerprint density at radius 3 is 2.31 bits per heavy atom. The van der Waals surface area contributed by atoms with E-state index in [4.69, 9.17) is 0 Å². The highest BCUT2D eigenvalue weighted by molar-refractivity contribution is 7.13. The summed E-state index contributed by atoms with van der Waals surface area (Å²) in [5.74, 6) is 0.00463. The number of ketones is 1. The summed E-state index contributed by atoms with van der Waals surface area (Å²) in [6.07, 6.45) is 0. The molecule has 0 unspecified atom stereocenters. The van der Waals surface area contributed by atoms with Gasteiger partial charge in [0.15, 0.2) is 5.78 Å². The van der Waals surface area contributed by atoms with Crippen molar-refractivity contribution in [2.45, 2.75) is 20.8 Å². The third-order valence-electron chi connectivity index (χ3n) is 2.19. The molecule has 82 valence electrons. The molecule has 4 heteroatoms. The third-order valence-corrected chi connectivity index (χ3v) is 3.08. The monoisotopic (exact) mass is 232 g/mol. The van der Waals surface area contributed by atoms with Gasteiger partial charge >= 0.3 is 0 Å². The Kier molecular flexibility index (Phi) is 2.83. The fraction of sp³-hybridized carbons (Fsp3) is 0.250. The minimum atomic E-state index is 0.00463. The highest BCUT2D eigenvalue weighted by Gasteiger charge is 2.08. The first-order chi connectivity index (χ1) is 7.56. The summed E-state index contributed by atoms with van der Waals surface area (Å²) in [4.78, 5) is 19.8. The second-order valence-electron chi connectivity index (χ2n) is 3.73. The molecular formula is C12H12N2OS. The molecular weight excluding hydrogens is 220 g/mol. The van der Waals surface area contributed by atoms with Crippen molar-refractivity contribution in [1.29, 1.82) is 0 Å². The minimum absolute atomic E-state index is 0.00463. The molecule has 2 aromatic rings. The normalized spacial score (nSPS) is 10.4. The van der Waals surface area contributed by atoms with Crippen LogP contribution in [0.3, 0.4) is 0 Å². The van der Waals surface area contributed by atoms with E-state index < -0.39 is 0 Å². The van der Waals surface area contributed by atoms with Gasteiger partial charge in [-0.3, -0.25) is 9.78 Å². The van der Waals surface area contributed by atoms with Gasteiger partial charge in [0.25, 0.3) is 0 Å². The van der Waals surface area contributed by atoms with Crippen molar-refractivity contribution >= 4 is 17.1 Å². The maximum absolute atomic E-state index is 11.2. The molecule has 0 fully saturated rings. The molecule has 0 aliphatic rings. The fourth-order valence-electron chi connectivity index (χ4n) is 1.53. The van der Waals surface area contributed by atoms with Gasteiger partial charge in [0.2, 0.25) is 0 Å². The van der Waals surface area contributed by atoms with E-state index in [0.29, 0.717) is 5.69 Å². The minimum Gasteiger partial charge on any atom is -0.293 e. The Bertz CT molecular complexity index is 525. The average Bonchev–Trinajstić information content (AvgIpc) is 2.64. The van der Waals surface area contributed by atoms with Crippen molar-refractivity contribution in [2.24, 2.45) is 0 Å². The van der Waals surface area contributed by atoms with Crippen molar-refractivity contribution in [1.82, 2.24) is 9.97 Å². The van der Waals surface area contributed by atoms with Gasteiger partial charge < -0.3 is 0 Å². The summed E-state index contributed by atoms with van der Waals surface area (Å²) in [6, 6.07) is 3.96. The van der Waals surface area contributed by atoms with Gasteiger partial charge in [0, 0.05) is 29.3 Å². The van der Waals surface area contributed by atoms with Gasteiger partial charge in [-0.1, -0.05) is 0 Å². The Labute approximate surface area is 98.2 Å². The number of nitrogens with zero attached hydrogens (tertiary/aromatic N) is 2. The van der Waals surface area contributed by atoms with Gasteiger partial charge in [-0.2, -0.15) is 0 Å². The van der Waals surface area contributed by atoms with Gasteiger partial charge in [-0.25, -0.2) is 4.98 Å². The predicted octanol–water partition coefficient (Wildman–Crippen LogP) is 3.02. The summed E-state index contributed by atoms with van der Waals surface area (Å²) < 4.78 is 0. The highest BCUT2D eigenvalue weighted by Crippen LogP contribution is 2.24. The lowest BCUT2D eigenvalue weighted by atomic mass is 10.2. The Morgan fingerprint density at radius 1 is 1.19 bits per heavy atom. The molecule has 0 aliphatic carbocycles. The molecule has 0 radical (unpaired) electrons. The molecule has 0 saturated heterocycles. The highest BCUT2D eigenvalue weighted by atomic mass is 32.1. The van der Waals surface area contributed by atoms with Crippen LogP contribution in [-0.2, 0) is 0 Å². The molecule has 0 atom stereocenters. The summed E-state index contributed by atoms with van der Waals surface area (Å²) in [7, 11) is 0. The van der Waals surface area contributed by atoms with E-state index in [2.05, 4.69) is 9.97 Å². The number of hydrogen-bond donors (Lipinski definition) is 0. The summed E-state index contributed by atoms with van der Waals surface area (Å²) in [5, 5.41) is 2.67. The van der Waals surface area contributed by atoms with E-state index in [1.165, 1.54) is 18.3 Å². The van der Waals surface area contributed by atoms with E-state index in [-0.39, 0.29) is 5.78 Å². The van der Waals surface area contributed by atoms with Crippen molar-refractivity contribution in [3.63, 3.8) is 0 Å². The molecule has 0 N–H and O–H groups in total. The lowest BCUT2D eigenvalue weighted by Crippen LogP contribution is -1.92. The average molecular weight is 232 g/mol. The Balaban J connectivity index is 2.46. The van der Waals surface area contributed by atoms with Crippen LogP contribution in [0.1, 0.15) is 28.8 Å². The maximum atomic E-state index is 11.2. The largest absolute Gasteiger partial charge is 0.293 e. The molecule has 2 heterocycles.